The molecule has 90 valence electrons. The normalized spacial score (nSPS) is 12.7. The third-order valence-electron chi connectivity index (χ3n) is 2.90. The lowest BCUT2D eigenvalue weighted by Crippen LogP contribution is -2.09. The van der Waals surface area contributed by atoms with Crippen LogP contribution in [0.25, 0.3) is 0 Å². The van der Waals surface area contributed by atoms with Gasteiger partial charge in [-0.3, -0.25) is 0 Å². The van der Waals surface area contributed by atoms with Gasteiger partial charge in [0.1, 0.15) is 0 Å². The van der Waals surface area contributed by atoms with Crippen LogP contribution in [0.15, 0.2) is 24.3 Å². The number of rotatable bonds is 7. The summed E-state index contributed by atoms with van der Waals surface area (Å²) in [7, 11) is 0. The summed E-state index contributed by atoms with van der Waals surface area (Å²) in [5, 5.41) is 0.777. The molecule has 16 heavy (non-hydrogen) atoms. The fourth-order valence-electron chi connectivity index (χ4n) is 1.87. The molecule has 1 rings (SSSR count). The minimum Gasteiger partial charge on any atom is -0.324 e. The molecule has 0 aliphatic carbocycles. The number of hydrogen-bond donors (Lipinski definition) is 1. The second-order valence-electron chi connectivity index (χ2n) is 4.36. The topological polar surface area (TPSA) is 26.0 Å². The first kappa shape index (κ1) is 13.5. The number of halogens is 1. The van der Waals surface area contributed by atoms with Gasteiger partial charge in [0.15, 0.2) is 0 Å². The molecule has 0 amide bonds. The van der Waals surface area contributed by atoms with E-state index in [0.29, 0.717) is 0 Å². The molecule has 0 fully saturated rings. The van der Waals surface area contributed by atoms with Gasteiger partial charge in [0.05, 0.1) is 0 Å². The lowest BCUT2D eigenvalue weighted by atomic mass is 10.0. The SMILES string of the molecule is CCCCCCCC(N)c1cccc(Cl)c1. The van der Waals surface area contributed by atoms with Gasteiger partial charge in [-0.1, -0.05) is 62.8 Å². The third kappa shape index (κ3) is 5.00. The van der Waals surface area contributed by atoms with E-state index < -0.39 is 0 Å². The monoisotopic (exact) mass is 239 g/mol. The van der Waals surface area contributed by atoms with Gasteiger partial charge in [-0.05, 0) is 24.1 Å². The van der Waals surface area contributed by atoms with E-state index in [4.69, 9.17) is 17.3 Å². The summed E-state index contributed by atoms with van der Waals surface area (Å²) in [5.41, 5.74) is 7.28. The molecule has 1 unspecified atom stereocenters. The quantitative estimate of drug-likeness (QED) is 0.686. The van der Waals surface area contributed by atoms with Crippen molar-refractivity contribution in [2.75, 3.05) is 0 Å². The number of unbranched alkanes of at least 4 members (excludes halogenated alkanes) is 4. The minimum absolute atomic E-state index is 0.139. The van der Waals surface area contributed by atoms with Crippen LogP contribution in [0.5, 0.6) is 0 Å². The van der Waals surface area contributed by atoms with Gasteiger partial charge in [0.25, 0.3) is 0 Å². The van der Waals surface area contributed by atoms with Crippen molar-refractivity contribution in [3.8, 4) is 0 Å². The Morgan fingerprint density at radius 1 is 1.19 bits per heavy atom. The molecule has 1 aromatic rings. The summed E-state index contributed by atoms with van der Waals surface area (Å²) in [6, 6.07) is 8.02. The Kier molecular flexibility index (Phi) is 6.51. The summed E-state index contributed by atoms with van der Waals surface area (Å²) in [5.74, 6) is 0. The highest BCUT2D eigenvalue weighted by molar-refractivity contribution is 6.30. The second kappa shape index (κ2) is 7.70. The van der Waals surface area contributed by atoms with Gasteiger partial charge in [-0.15, -0.1) is 0 Å². The van der Waals surface area contributed by atoms with E-state index in [2.05, 4.69) is 13.0 Å². The maximum atomic E-state index is 6.12. The molecule has 0 spiro atoms. The molecule has 0 aliphatic heterocycles. The Hall–Kier alpha value is -0.530. The second-order valence-corrected chi connectivity index (χ2v) is 4.80. The van der Waals surface area contributed by atoms with Crippen molar-refractivity contribution in [3.05, 3.63) is 34.9 Å². The van der Waals surface area contributed by atoms with Gasteiger partial charge < -0.3 is 5.73 Å². The van der Waals surface area contributed by atoms with Crippen molar-refractivity contribution in [2.45, 2.75) is 51.5 Å². The molecule has 2 heteroatoms. The van der Waals surface area contributed by atoms with E-state index in [9.17, 15) is 0 Å². The third-order valence-corrected chi connectivity index (χ3v) is 3.13. The van der Waals surface area contributed by atoms with Gasteiger partial charge in [0, 0.05) is 11.1 Å². The Balaban J connectivity index is 2.27. The van der Waals surface area contributed by atoms with Gasteiger partial charge in [-0.25, -0.2) is 0 Å². The lowest BCUT2D eigenvalue weighted by molar-refractivity contribution is 0.555. The molecule has 1 aromatic carbocycles. The average molecular weight is 240 g/mol. The summed E-state index contributed by atoms with van der Waals surface area (Å²) in [6.07, 6.45) is 7.53. The summed E-state index contributed by atoms with van der Waals surface area (Å²) in [6.45, 7) is 2.23. The van der Waals surface area contributed by atoms with Crippen molar-refractivity contribution >= 4 is 11.6 Å². The molecule has 1 atom stereocenters. The van der Waals surface area contributed by atoms with Crippen LogP contribution in [0.3, 0.4) is 0 Å². The van der Waals surface area contributed by atoms with Crippen LogP contribution in [0, 0.1) is 0 Å². The van der Waals surface area contributed by atoms with Crippen molar-refractivity contribution in [2.24, 2.45) is 5.73 Å². The van der Waals surface area contributed by atoms with Gasteiger partial charge >= 0.3 is 0 Å². The van der Waals surface area contributed by atoms with Crippen LogP contribution in [0.2, 0.25) is 5.02 Å². The van der Waals surface area contributed by atoms with Crippen molar-refractivity contribution in [1.29, 1.82) is 0 Å². The highest BCUT2D eigenvalue weighted by Gasteiger charge is 2.05. The molecule has 0 heterocycles. The molecule has 0 aliphatic rings. The summed E-state index contributed by atoms with van der Waals surface area (Å²) in [4.78, 5) is 0. The molecular weight excluding hydrogens is 218 g/mol. The zero-order chi connectivity index (χ0) is 11.8. The lowest BCUT2D eigenvalue weighted by Gasteiger charge is -2.12. The average Bonchev–Trinajstić information content (AvgIpc) is 2.28. The Morgan fingerprint density at radius 3 is 2.62 bits per heavy atom. The highest BCUT2D eigenvalue weighted by Crippen LogP contribution is 2.20. The number of nitrogens with two attached hydrogens (primary N) is 1. The van der Waals surface area contributed by atoms with Crippen LogP contribution in [-0.2, 0) is 0 Å². The first-order chi connectivity index (χ1) is 7.74. The number of benzene rings is 1. The zero-order valence-corrected chi connectivity index (χ0v) is 10.8. The van der Waals surface area contributed by atoms with Crippen LogP contribution in [-0.4, -0.2) is 0 Å². The van der Waals surface area contributed by atoms with E-state index in [1.807, 2.05) is 18.2 Å². The van der Waals surface area contributed by atoms with Crippen LogP contribution < -0.4 is 5.73 Å². The zero-order valence-electron chi connectivity index (χ0n) is 10.1. The van der Waals surface area contributed by atoms with Crippen molar-refractivity contribution in [1.82, 2.24) is 0 Å². The fraction of sp³-hybridized carbons (Fsp3) is 0.571. The van der Waals surface area contributed by atoms with E-state index in [0.717, 1.165) is 17.0 Å². The molecule has 1 nitrogen and oxygen atoms in total. The van der Waals surface area contributed by atoms with Crippen LogP contribution >= 0.6 is 11.6 Å². The largest absolute Gasteiger partial charge is 0.324 e. The molecule has 0 aromatic heterocycles. The fourth-order valence-corrected chi connectivity index (χ4v) is 2.07. The van der Waals surface area contributed by atoms with Crippen LogP contribution in [0.1, 0.15) is 57.1 Å². The first-order valence-electron chi connectivity index (χ1n) is 6.25. The molecular formula is C14H22ClN. The van der Waals surface area contributed by atoms with Gasteiger partial charge in [0.2, 0.25) is 0 Å². The van der Waals surface area contributed by atoms with E-state index in [1.165, 1.54) is 32.1 Å². The maximum Gasteiger partial charge on any atom is 0.0409 e. The van der Waals surface area contributed by atoms with Crippen LogP contribution in [0.4, 0.5) is 0 Å². The predicted octanol–water partition coefficient (Wildman–Crippen LogP) is 4.70. The highest BCUT2D eigenvalue weighted by atomic mass is 35.5. The van der Waals surface area contributed by atoms with E-state index in [-0.39, 0.29) is 6.04 Å². The molecule has 0 radical (unpaired) electrons. The van der Waals surface area contributed by atoms with E-state index in [1.54, 1.807) is 0 Å². The Morgan fingerprint density at radius 2 is 1.94 bits per heavy atom. The maximum absolute atomic E-state index is 6.12. The Bertz CT molecular complexity index is 299. The predicted molar refractivity (Wildman–Crippen MR) is 71.8 cm³/mol. The smallest absolute Gasteiger partial charge is 0.0409 e. The molecule has 0 saturated carbocycles. The first-order valence-corrected chi connectivity index (χ1v) is 6.63. The summed E-state index contributed by atoms with van der Waals surface area (Å²) >= 11 is 5.94. The molecule has 0 bridgehead atoms. The summed E-state index contributed by atoms with van der Waals surface area (Å²) < 4.78 is 0. The molecule has 2 N–H and O–H groups in total. The minimum atomic E-state index is 0.139. The van der Waals surface area contributed by atoms with E-state index >= 15 is 0 Å². The molecule has 0 saturated heterocycles. The Labute approximate surface area is 104 Å². The van der Waals surface area contributed by atoms with Crippen molar-refractivity contribution in [3.63, 3.8) is 0 Å². The van der Waals surface area contributed by atoms with Gasteiger partial charge in [-0.2, -0.15) is 0 Å². The standard InChI is InChI=1S/C14H22ClN/c1-2-3-4-5-6-10-14(16)12-8-7-9-13(15)11-12/h7-9,11,14H,2-6,10,16H2,1H3. The number of hydrogen-bond acceptors (Lipinski definition) is 1. The van der Waals surface area contributed by atoms with Crippen molar-refractivity contribution < 1.29 is 0 Å².